The van der Waals surface area contributed by atoms with Gasteiger partial charge in [0.2, 0.25) is 0 Å². The predicted molar refractivity (Wildman–Crippen MR) is 129 cm³/mol. The summed E-state index contributed by atoms with van der Waals surface area (Å²) in [4.78, 5) is 32.8. The highest BCUT2D eigenvalue weighted by atomic mass is 35.5. The maximum Gasteiger partial charge on any atom is 0.416 e. The van der Waals surface area contributed by atoms with Gasteiger partial charge in [0.15, 0.2) is 5.65 Å². The zero-order valence-electron chi connectivity index (χ0n) is 18.1. The van der Waals surface area contributed by atoms with Gasteiger partial charge in [0.05, 0.1) is 22.6 Å². The molecule has 36 heavy (non-hydrogen) atoms. The first-order valence-corrected chi connectivity index (χ1v) is 10.8. The monoisotopic (exact) mass is 509 g/mol. The van der Waals surface area contributed by atoms with Crippen molar-refractivity contribution in [3.8, 4) is 11.3 Å². The van der Waals surface area contributed by atoms with Crippen LogP contribution in [-0.2, 0) is 6.18 Å². The van der Waals surface area contributed by atoms with Gasteiger partial charge in [0.25, 0.3) is 5.91 Å². The quantitative estimate of drug-likeness (QED) is 0.265. The lowest BCUT2D eigenvalue weighted by atomic mass is 10.1. The van der Waals surface area contributed by atoms with Crippen molar-refractivity contribution in [1.29, 1.82) is 0 Å². The Morgan fingerprint density at radius 3 is 2.67 bits per heavy atom. The summed E-state index contributed by atoms with van der Waals surface area (Å²) in [5, 5.41) is 5.90. The van der Waals surface area contributed by atoms with Crippen LogP contribution in [0.2, 0.25) is 5.02 Å². The predicted octanol–water partition coefficient (Wildman–Crippen LogP) is 6.08. The Balaban J connectivity index is 1.44. The van der Waals surface area contributed by atoms with E-state index in [1.165, 1.54) is 43.0 Å². The molecule has 2 aromatic carbocycles. The Hall–Kier alpha value is -4.51. The highest BCUT2D eigenvalue weighted by molar-refractivity contribution is 6.33. The van der Waals surface area contributed by atoms with Gasteiger partial charge in [-0.3, -0.25) is 4.79 Å². The minimum absolute atomic E-state index is 0.0126. The number of aromatic amines is 1. The molecule has 0 saturated heterocycles. The summed E-state index contributed by atoms with van der Waals surface area (Å²) in [6.45, 7) is 0. The number of H-pyrrole nitrogens is 1. The van der Waals surface area contributed by atoms with E-state index < -0.39 is 17.6 Å². The van der Waals surface area contributed by atoms with Crippen LogP contribution in [0, 0.1) is 0 Å². The van der Waals surface area contributed by atoms with Gasteiger partial charge >= 0.3 is 6.18 Å². The minimum atomic E-state index is -4.52. The Bertz CT molecular complexity index is 1590. The van der Waals surface area contributed by atoms with E-state index in [1.807, 2.05) is 0 Å². The summed E-state index contributed by atoms with van der Waals surface area (Å²) in [7, 11) is 0. The number of carbonyl (C=O) groups is 1. The van der Waals surface area contributed by atoms with E-state index in [0.29, 0.717) is 38.9 Å². The van der Waals surface area contributed by atoms with Crippen molar-refractivity contribution in [2.45, 2.75) is 6.18 Å². The van der Waals surface area contributed by atoms with Crippen molar-refractivity contribution in [2.24, 2.45) is 0 Å². The highest BCUT2D eigenvalue weighted by Gasteiger charge is 2.30. The third-order valence-electron chi connectivity index (χ3n) is 5.22. The third-order valence-corrected chi connectivity index (χ3v) is 5.54. The zero-order valence-corrected chi connectivity index (χ0v) is 18.9. The van der Waals surface area contributed by atoms with Crippen LogP contribution in [0.25, 0.3) is 22.4 Å². The largest absolute Gasteiger partial charge is 0.416 e. The minimum Gasteiger partial charge on any atom is -0.341 e. The van der Waals surface area contributed by atoms with Gasteiger partial charge in [0, 0.05) is 23.0 Å². The normalized spacial score (nSPS) is 11.4. The fourth-order valence-electron chi connectivity index (χ4n) is 3.53. The lowest BCUT2D eigenvalue weighted by Gasteiger charge is -2.14. The van der Waals surface area contributed by atoms with Gasteiger partial charge in [-0.1, -0.05) is 17.7 Å². The molecule has 1 amide bonds. The molecular formula is C24H15ClF3N7O. The van der Waals surface area contributed by atoms with E-state index in [2.05, 4.69) is 35.6 Å². The molecule has 0 aliphatic heterocycles. The van der Waals surface area contributed by atoms with Crippen molar-refractivity contribution in [3.05, 3.63) is 89.6 Å². The summed E-state index contributed by atoms with van der Waals surface area (Å²) in [5.41, 5.74) is 1.98. The lowest BCUT2D eigenvalue weighted by molar-refractivity contribution is -0.137. The van der Waals surface area contributed by atoms with Crippen LogP contribution in [-0.4, -0.2) is 30.8 Å². The fourth-order valence-corrected chi connectivity index (χ4v) is 3.70. The van der Waals surface area contributed by atoms with Crippen molar-refractivity contribution in [1.82, 2.24) is 24.9 Å². The number of carbonyl (C=O) groups excluding carboxylic acids is 1. The van der Waals surface area contributed by atoms with Crippen molar-refractivity contribution in [2.75, 3.05) is 10.6 Å². The van der Waals surface area contributed by atoms with Crippen molar-refractivity contribution in [3.63, 3.8) is 0 Å². The standard InChI is InChI=1S/C24H15ClF3N7O/c25-17-7-6-13(23(36)34-15-4-1-3-14(10-15)24(26,27)28)9-18(17)35-21-16(5-2-8-29-21)19-20-22(32-11-30-19)33-12-31-20/h1-12H,(H,29,35)(H,34,36)(H,30,31,32,33). The number of halogens is 4. The highest BCUT2D eigenvalue weighted by Crippen LogP contribution is 2.34. The molecule has 0 aliphatic carbocycles. The molecule has 5 rings (SSSR count). The second-order valence-corrected chi connectivity index (χ2v) is 7.98. The topological polar surface area (TPSA) is 108 Å². The van der Waals surface area contributed by atoms with Crippen LogP contribution in [0.4, 0.5) is 30.4 Å². The molecule has 12 heteroatoms. The average Bonchev–Trinajstić information content (AvgIpc) is 3.35. The fraction of sp³-hybridized carbons (Fsp3) is 0.0417. The zero-order chi connectivity index (χ0) is 25.3. The van der Waals surface area contributed by atoms with Gasteiger partial charge in [0.1, 0.15) is 23.4 Å². The molecule has 0 radical (unpaired) electrons. The molecule has 5 aromatic rings. The number of aromatic nitrogens is 5. The Kier molecular flexibility index (Phi) is 5.98. The number of fused-ring (bicyclic) bond motifs is 1. The first-order valence-electron chi connectivity index (χ1n) is 10.4. The molecule has 0 spiro atoms. The SMILES string of the molecule is O=C(Nc1cccc(C(F)(F)F)c1)c1ccc(Cl)c(Nc2ncccc2-c2ncnc3nc[nH]c23)c1. The number of amides is 1. The number of imidazole rings is 1. The summed E-state index contributed by atoms with van der Waals surface area (Å²) in [6, 6.07) is 12.4. The molecule has 3 aromatic heterocycles. The summed E-state index contributed by atoms with van der Waals surface area (Å²) in [6.07, 6.45) is -0.0458. The van der Waals surface area contributed by atoms with Gasteiger partial charge in [-0.25, -0.2) is 19.9 Å². The van der Waals surface area contributed by atoms with Crippen LogP contribution in [0.3, 0.4) is 0 Å². The molecule has 0 bridgehead atoms. The molecular weight excluding hydrogens is 495 g/mol. The number of rotatable bonds is 5. The molecule has 3 heterocycles. The maximum atomic E-state index is 13.0. The number of alkyl halides is 3. The smallest absolute Gasteiger partial charge is 0.341 e. The molecule has 3 N–H and O–H groups in total. The maximum absolute atomic E-state index is 13.0. The first-order chi connectivity index (χ1) is 17.3. The van der Waals surface area contributed by atoms with Crippen LogP contribution >= 0.6 is 11.6 Å². The Labute approximate surface area is 206 Å². The number of hydrogen-bond donors (Lipinski definition) is 3. The first kappa shape index (κ1) is 23.2. The summed E-state index contributed by atoms with van der Waals surface area (Å²) in [5.74, 6) is -0.199. The number of nitrogens with zero attached hydrogens (tertiary/aromatic N) is 4. The molecule has 0 saturated carbocycles. The van der Waals surface area contributed by atoms with Gasteiger partial charge < -0.3 is 15.6 Å². The Morgan fingerprint density at radius 2 is 1.83 bits per heavy atom. The van der Waals surface area contributed by atoms with Crippen LogP contribution in [0.15, 0.2) is 73.4 Å². The molecule has 0 atom stereocenters. The van der Waals surface area contributed by atoms with E-state index in [0.717, 1.165) is 12.1 Å². The van der Waals surface area contributed by atoms with Crippen LogP contribution < -0.4 is 10.6 Å². The molecule has 180 valence electrons. The summed E-state index contributed by atoms with van der Waals surface area (Å²) < 4.78 is 39.0. The van der Waals surface area contributed by atoms with Crippen molar-refractivity contribution >= 4 is 45.9 Å². The van der Waals surface area contributed by atoms with Gasteiger partial charge in [-0.2, -0.15) is 13.2 Å². The lowest BCUT2D eigenvalue weighted by Crippen LogP contribution is -2.13. The number of benzene rings is 2. The average molecular weight is 510 g/mol. The van der Waals surface area contributed by atoms with Gasteiger partial charge in [-0.15, -0.1) is 0 Å². The Morgan fingerprint density at radius 1 is 0.972 bits per heavy atom. The van der Waals surface area contributed by atoms with E-state index >= 15 is 0 Å². The van der Waals surface area contributed by atoms with Crippen LogP contribution in [0.5, 0.6) is 0 Å². The van der Waals surface area contributed by atoms with E-state index in [4.69, 9.17) is 11.6 Å². The number of anilines is 3. The second kappa shape index (κ2) is 9.27. The van der Waals surface area contributed by atoms with E-state index in [-0.39, 0.29) is 11.3 Å². The number of nitrogens with one attached hydrogen (secondary N) is 3. The van der Waals surface area contributed by atoms with Crippen molar-refractivity contribution < 1.29 is 18.0 Å². The summed E-state index contributed by atoms with van der Waals surface area (Å²) >= 11 is 6.37. The molecule has 0 aliphatic rings. The molecule has 0 fully saturated rings. The van der Waals surface area contributed by atoms with E-state index in [9.17, 15) is 18.0 Å². The molecule has 8 nitrogen and oxygen atoms in total. The van der Waals surface area contributed by atoms with E-state index in [1.54, 1.807) is 18.3 Å². The van der Waals surface area contributed by atoms with Crippen LogP contribution in [0.1, 0.15) is 15.9 Å². The second-order valence-electron chi connectivity index (χ2n) is 7.58. The van der Waals surface area contributed by atoms with Gasteiger partial charge in [-0.05, 0) is 48.5 Å². The number of pyridine rings is 1. The number of hydrogen-bond acceptors (Lipinski definition) is 6. The third kappa shape index (κ3) is 4.68. The molecule has 0 unspecified atom stereocenters.